The van der Waals surface area contributed by atoms with Gasteiger partial charge in [-0.05, 0) is 167 Å². The van der Waals surface area contributed by atoms with Crippen molar-refractivity contribution in [2.75, 3.05) is 4.90 Å². The molecule has 12 aromatic rings. The van der Waals surface area contributed by atoms with Crippen LogP contribution in [0.4, 0.5) is 17.1 Å². The monoisotopic (exact) mass is 1000 g/mol. The van der Waals surface area contributed by atoms with E-state index >= 15 is 0 Å². The molecule has 376 valence electrons. The molecular formula is C77H63N. The fraction of sp³-hybridized carbons (Fsp3) is 0.0649. The van der Waals surface area contributed by atoms with Crippen molar-refractivity contribution in [3.63, 3.8) is 0 Å². The SMILES string of the molecule is CC.CC(C)(c1ccccc1)c1cccc(-c2cccc(-c3ccc(N(c4ccc(-c5cccc(-c6cccc(-c7ccccc7)c6)c5)cc4)c4ccc(-c5cccc(-c6cccc(-c7ccccc7)c6)c5)cc4)cc3)c2)c1. The quantitative estimate of drug-likeness (QED) is 0.111. The molecule has 0 saturated heterocycles. The van der Waals surface area contributed by atoms with Crippen LogP contribution in [0.2, 0.25) is 0 Å². The standard InChI is InChI=1S/C75H57N.C2H6/c1-75(2,70-33-10-5-11-34-70)71-35-17-32-69(53-71)68-31-16-26-63(52-68)58-40-46-74(47-41-58)76(72-42-36-56(37-43-72)61-24-14-29-66(50-61)64-27-12-22-59(48-64)54-18-6-3-7-19-54)73-44-38-57(39-45-73)62-25-15-30-67(51-62)65-28-13-23-60(49-65)55-20-8-4-9-21-55;1-2/h3-53H,1-2H3;1-2H3. The van der Waals surface area contributed by atoms with E-state index in [1.54, 1.807) is 0 Å². The van der Waals surface area contributed by atoms with E-state index in [1.807, 2.05) is 13.8 Å². The predicted molar refractivity (Wildman–Crippen MR) is 335 cm³/mol. The van der Waals surface area contributed by atoms with E-state index in [9.17, 15) is 0 Å². The highest BCUT2D eigenvalue weighted by atomic mass is 15.1. The van der Waals surface area contributed by atoms with Crippen molar-refractivity contribution in [2.45, 2.75) is 33.1 Å². The summed E-state index contributed by atoms with van der Waals surface area (Å²) in [4.78, 5) is 2.37. The van der Waals surface area contributed by atoms with Gasteiger partial charge < -0.3 is 4.90 Å². The van der Waals surface area contributed by atoms with E-state index in [1.165, 1.54) is 100 Å². The Morgan fingerprint density at radius 1 is 0.192 bits per heavy atom. The van der Waals surface area contributed by atoms with Crippen molar-refractivity contribution in [3.8, 4) is 89.0 Å². The topological polar surface area (TPSA) is 3.24 Å². The van der Waals surface area contributed by atoms with E-state index < -0.39 is 0 Å². The molecule has 0 unspecified atom stereocenters. The maximum absolute atomic E-state index is 2.37. The second-order valence-electron chi connectivity index (χ2n) is 20.2. The summed E-state index contributed by atoms with van der Waals surface area (Å²) in [6.45, 7) is 8.62. The number of benzene rings is 12. The lowest BCUT2D eigenvalue weighted by Gasteiger charge is -2.27. The highest BCUT2D eigenvalue weighted by molar-refractivity contribution is 5.84. The fourth-order valence-corrected chi connectivity index (χ4v) is 10.6. The lowest BCUT2D eigenvalue weighted by atomic mass is 9.77. The Balaban J connectivity index is 0.00000319. The molecule has 0 aliphatic rings. The summed E-state index contributed by atoms with van der Waals surface area (Å²) in [5.41, 5.74) is 24.8. The van der Waals surface area contributed by atoms with Gasteiger partial charge in [0, 0.05) is 22.5 Å². The van der Waals surface area contributed by atoms with Gasteiger partial charge in [-0.1, -0.05) is 270 Å². The van der Waals surface area contributed by atoms with Crippen LogP contribution in [0.15, 0.2) is 309 Å². The van der Waals surface area contributed by atoms with Crippen LogP contribution in [-0.4, -0.2) is 0 Å². The Labute approximate surface area is 462 Å². The van der Waals surface area contributed by atoms with Gasteiger partial charge in [0.05, 0.1) is 0 Å². The average molecular weight is 1000 g/mol. The summed E-state index contributed by atoms with van der Waals surface area (Å²) in [6.07, 6.45) is 0. The van der Waals surface area contributed by atoms with Gasteiger partial charge >= 0.3 is 0 Å². The molecule has 0 aliphatic carbocycles. The third kappa shape index (κ3) is 11.1. The molecule has 0 amide bonds. The van der Waals surface area contributed by atoms with Crippen molar-refractivity contribution in [3.05, 3.63) is 321 Å². The van der Waals surface area contributed by atoms with Crippen molar-refractivity contribution < 1.29 is 0 Å². The van der Waals surface area contributed by atoms with Crippen LogP contribution in [0, 0.1) is 0 Å². The van der Waals surface area contributed by atoms with E-state index in [0.29, 0.717) is 0 Å². The molecule has 0 bridgehead atoms. The summed E-state index contributed by atoms with van der Waals surface area (Å²) in [6, 6.07) is 112. The van der Waals surface area contributed by atoms with Crippen LogP contribution in [0.25, 0.3) is 89.0 Å². The minimum absolute atomic E-state index is 0.125. The second kappa shape index (κ2) is 23.1. The zero-order chi connectivity index (χ0) is 53.3. The third-order valence-corrected chi connectivity index (χ3v) is 15.0. The molecule has 1 heteroatoms. The largest absolute Gasteiger partial charge is 0.311 e. The van der Waals surface area contributed by atoms with Gasteiger partial charge in [0.15, 0.2) is 0 Å². The van der Waals surface area contributed by atoms with Crippen molar-refractivity contribution in [2.24, 2.45) is 0 Å². The number of anilines is 3. The van der Waals surface area contributed by atoms with Gasteiger partial charge in [-0.3, -0.25) is 0 Å². The lowest BCUT2D eigenvalue weighted by molar-refractivity contribution is 0.641. The first-order valence-electron chi connectivity index (χ1n) is 27.3. The van der Waals surface area contributed by atoms with Gasteiger partial charge in [0.2, 0.25) is 0 Å². The zero-order valence-corrected chi connectivity index (χ0v) is 44.9. The maximum atomic E-state index is 2.37. The van der Waals surface area contributed by atoms with Crippen molar-refractivity contribution in [1.82, 2.24) is 0 Å². The molecule has 78 heavy (non-hydrogen) atoms. The molecule has 0 spiro atoms. The molecular weight excluding hydrogens is 939 g/mol. The van der Waals surface area contributed by atoms with Gasteiger partial charge in [0.25, 0.3) is 0 Å². The molecule has 0 aromatic heterocycles. The van der Waals surface area contributed by atoms with Crippen LogP contribution >= 0.6 is 0 Å². The highest BCUT2D eigenvalue weighted by Crippen LogP contribution is 2.40. The molecule has 0 N–H and O–H groups in total. The first-order chi connectivity index (χ1) is 38.4. The number of nitrogens with zero attached hydrogens (tertiary/aromatic N) is 1. The summed E-state index contributed by atoms with van der Waals surface area (Å²) in [7, 11) is 0. The summed E-state index contributed by atoms with van der Waals surface area (Å²) in [5, 5.41) is 0. The van der Waals surface area contributed by atoms with Gasteiger partial charge in [-0.25, -0.2) is 0 Å². The summed E-state index contributed by atoms with van der Waals surface area (Å²) >= 11 is 0. The molecule has 0 aliphatic heterocycles. The Hall–Kier alpha value is -9.56. The Bertz CT molecular complexity index is 3740. The third-order valence-electron chi connectivity index (χ3n) is 15.0. The Morgan fingerprint density at radius 3 is 0.692 bits per heavy atom. The Kier molecular flexibility index (Phi) is 15.0. The van der Waals surface area contributed by atoms with Crippen LogP contribution in [-0.2, 0) is 5.41 Å². The molecule has 0 fully saturated rings. The minimum Gasteiger partial charge on any atom is -0.311 e. The molecule has 0 saturated carbocycles. The van der Waals surface area contributed by atoms with Crippen LogP contribution in [0.1, 0.15) is 38.8 Å². The normalized spacial score (nSPS) is 11.1. The van der Waals surface area contributed by atoms with Crippen LogP contribution in [0.3, 0.4) is 0 Å². The molecule has 0 atom stereocenters. The Morgan fingerprint density at radius 2 is 0.397 bits per heavy atom. The van der Waals surface area contributed by atoms with Crippen molar-refractivity contribution >= 4 is 17.1 Å². The number of hydrogen-bond donors (Lipinski definition) is 0. The lowest BCUT2D eigenvalue weighted by Crippen LogP contribution is -2.18. The molecule has 12 rings (SSSR count). The maximum Gasteiger partial charge on any atom is 0.0462 e. The highest BCUT2D eigenvalue weighted by Gasteiger charge is 2.23. The predicted octanol–water partition coefficient (Wildman–Crippen LogP) is 21.8. The summed E-state index contributed by atoms with van der Waals surface area (Å²) < 4.78 is 0. The fourth-order valence-electron chi connectivity index (χ4n) is 10.6. The van der Waals surface area contributed by atoms with Gasteiger partial charge in [-0.2, -0.15) is 0 Å². The first-order valence-corrected chi connectivity index (χ1v) is 27.3. The average Bonchev–Trinajstić information content (AvgIpc) is 3.56. The minimum atomic E-state index is -0.125. The molecule has 0 heterocycles. The van der Waals surface area contributed by atoms with E-state index in [4.69, 9.17) is 0 Å². The molecule has 12 aromatic carbocycles. The van der Waals surface area contributed by atoms with Gasteiger partial charge in [0.1, 0.15) is 0 Å². The molecule has 0 radical (unpaired) electrons. The second-order valence-corrected chi connectivity index (χ2v) is 20.2. The van der Waals surface area contributed by atoms with Crippen molar-refractivity contribution in [1.29, 1.82) is 0 Å². The summed E-state index contributed by atoms with van der Waals surface area (Å²) in [5.74, 6) is 0. The van der Waals surface area contributed by atoms with Crippen LogP contribution < -0.4 is 4.90 Å². The van der Waals surface area contributed by atoms with Crippen LogP contribution in [0.5, 0.6) is 0 Å². The van der Waals surface area contributed by atoms with E-state index in [0.717, 1.165) is 17.1 Å². The van der Waals surface area contributed by atoms with Gasteiger partial charge in [-0.15, -0.1) is 0 Å². The number of hydrogen-bond acceptors (Lipinski definition) is 1. The smallest absolute Gasteiger partial charge is 0.0462 e. The number of rotatable bonds is 13. The zero-order valence-electron chi connectivity index (χ0n) is 44.9. The van der Waals surface area contributed by atoms with E-state index in [-0.39, 0.29) is 5.41 Å². The molecule has 1 nitrogen and oxygen atoms in total. The van der Waals surface area contributed by atoms with E-state index in [2.05, 4.69) is 328 Å². The first kappa shape index (κ1) is 50.6.